The molecule has 0 unspecified atom stereocenters. The number of nitrogens with one attached hydrogen (secondary N) is 1. The van der Waals surface area contributed by atoms with Crippen LogP contribution in [0.2, 0.25) is 5.02 Å². The molecule has 3 aromatic rings. The molecule has 6 heteroatoms. The zero-order chi connectivity index (χ0) is 18.0. The van der Waals surface area contributed by atoms with E-state index in [-0.39, 0.29) is 17.2 Å². The van der Waals surface area contributed by atoms with E-state index in [0.29, 0.717) is 29.6 Å². The topological polar surface area (TPSA) is 53.7 Å². The molecule has 3 rings (SSSR count). The number of halogens is 2. The Balaban J connectivity index is 2.06. The Hall–Kier alpha value is -2.37. The van der Waals surface area contributed by atoms with Crippen molar-refractivity contribution in [2.45, 2.75) is 13.3 Å². The maximum absolute atomic E-state index is 14.1. The lowest BCUT2D eigenvalue weighted by Crippen LogP contribution is -2.19. The normalized spacial score (nSPS) is 11.0. The summed E-state index contributed by atoms with van der Waals surface area (Å²) in [6.07, 6.45) is 2.05. The number of fused-ring (bicyclic) bond motifs is 1. The molecule has 0 bridgehead atoms. The van der Waals surface area contributed by atoms with Crippen LogP contribution in [-0.2, 0) is 6.42 Å². The van der Waals surface area contributed by atoms with E-state index in [9.17, 15) is 9.18 Å². The monoisotopic (exact) mass is 360 g/mol. The van der Waals surface area contributed by atoms with Crippen molar-refractivity contribution < 1.29 is 9.50 Å². The summed E-state index contributed by atoms with van der Waals surface area (Å²) in [5.74, 6) is -0.439. The summed E-state index contributed by atoms with van der Waals surface area (Å²) in [5.41, 5.74) is 3.22. The second kappa shape index (κ2) is 7.25. The average Bonchev–Trinajstić information content (AvgIpc) is 2.61. The van der Waals surface area contributed by atoms with Crippen molar-refractivity contribution in [3.05, 3.63) is 80.5 Å². The van der Waals surface area contributed by atoms with Gasteiger partial charge in [-0.1, -0.05) is 29.8 Å². The zero-order valence-corrected chi connectivity index (χ0v) is 14.5. The lowest BCUT2D eigenvalue weighted by Gasteiger charge is -2.13. The number of hydrogen-bond acceptors (Lipinski definition) is 3. The van der Waals surface area contributed by atoms with E-state index in [2.05, 4.69) is 5.32 Å². The van der Waals surface area contributed by atoms with Crippen LogP contribution < -0.4 is 10.9 Å². The first-order valence-corrected chi connectivity index (χ1v) is 8.31. The van der Waals surface area contributed by atoms with Gasteiger partial charge in [-0.2, -0.15) is 0 Å². The van der Waals surface area contributed by atoms with Gasteiger partial charge in [0.2, 0.25) is 0 Å². The molecule has 0 aliphatic carbocycles. The predicted molar refractivity (Wildman–Crippen MR) is 98.2 cm³/mol. The second-order valence-electron chi connectivity index (χ2n) is 5.88. The number of pyridine rings is 2. The maximum atomic E-state index is 14.1. The number of aryl methyl sites for hydroxylation is 1. The highest BCUT2D eigenvalue weighted by Gasteiger charge is 2.10. The third-order valence-electron chi connectivity index (χ3n) is 4.06. The minimum Gasteiger partial charge on any atom is -0.395 e. The molecule has 2 heterocycles. The molecule has 0 aliphatic rings. The number of hydrogen-bond donors (Lipinski definition) is 2. The van der Waals surface area contributed by atoms with Crippen molar-refractivity contribution in [3.63, 3.8) is 0 Å². The van der Waals surface area contributed by atoms with Gasteiger partial charge in [-0.05, 0) is 36.2 Å². The van der Waals surface area contributed by atoms with Gasteiger partial charge in [0.05, 0.1) is 22.8 Å². The zero-order valence-electron chi connectivity index (χ0n) is 13.7. The number of aliphatic hydroxyl groups is 1. The van der Waals surface area contributed by atoms with Gasteiger partial charge in [-0.15, -0.1) is 0 Å². The third-order valence-corrected chi connectivity index (χ3v) is 4.35. The van der Waals surface area contributed by atoms with Gasteiger partial charge in [-0.3, -0.25) is 9.20 Å². The summed E-state index contributed by atoms with van der Waals surface area (Å²) < 4.78 is 15.7. The summed E-state index contributed by atoms with van der Waals surface area (Å²) in [7, 11) is 0. The molecule has 0 amide bonds. The molecule has 4 nitrogen and oxygen atoms in total. The van der Waals surface area contributed by atoms with Crippen LogP contribution in [0.4, 0.5) is 10.1 Å². The molecular weight excluding hydrogens is 343 g/mol. The molecule has 1 aromatic carbocycles. The fraction of sp³-hybridized carbons (Fsp3) is 0.211. The summed E-state index contributed by atoms with van der Waals surface area (Å²) in [4.78, 5) is 12.5. The van der Waals surface area contributed by atoms with Crippen molar-refractivity contribution in [2.75, 3.05) is 18.5 Å². The molecule has 2 aromatic heterocycles. The minimum absolute atomic E-state index is 0.00351. The Labute approximate surface area is 149 Å². The SMILES string of the molecule is Cc1cc(NCCO)c2ccc(Cc3cccc(Cl)c3F)cn2c1=O. The molecule has 0 spiro atoms. The molecular formula is C19H18ClFN2O2. The van der Waals surface area contributed by atoms with Gasteiger partial charge in [0.15, 0.2) is 0 Å². The van der Waals surface area contributed by atoms with E-state index in [0.717, 1.165) is 11.3 Å². The van der Waals surface area contributed by atoms with Crippen LogP contribution in [0.5, 0.6) is 0 Å². The van der Waals surface area contributed by atoms with Gasteiger partial charge in [-0.25, -0.2) is 4.39 Å². The number of benzene rings is 1. The van der Waals surface area contributed by atoms with E-state index in [4.69, 9.17) is 16.7 Å². The van der Waals surface area contributed by atoms with E-state index in [1.165, 1.54) is 6.07 Å². The van der Waals surface area contributed by atoms with Crippen molar-refractivity contribution in [2.24, 2.45) is 0 Å². The average molecular weight is 361 g/mol. The number of anilines is 1. The summed E-state index contributed by atoms with van der Waals surface area (Å²) >= 11 is 5.83. The minimum atomic E-state index is -0.439. The summed E-state index contributed by atoms with van der Waals surface area (Å²) in [5, 5.41) is 12.2. The molecule has 130 valence electrons. The van der Waals surface area contributed by atoms with Crippen LogP contribution in [0, 0.1) is 12.7 Å². The molecule has 25 heavy (non-hydrogen) atoms. The van der Waals surface area contributed by atoms with E-state index in [1.807, 2.05) is 12.1 Å². The number of aromatic nitrogens is 1. The van der Waals surface area contributed by atoms with Crippen LogP contribution in [0.3, 0.4) is 0 Å². The Morgan fingerprint density at radius 3 is 2.84 bits per heavy atom. The van der Waals surface area contributed by atoms with Gasteiger partial charge in [0.25, 0.3) is 5.56 Å². The molecule has 0 radical (unpaired) electrons. The molecule has 0 saturated heterocycles. The van der Waals surface area contributed by atoms with Crippen molar-refractivity contribution in [1.29, 1.82) is 0 Å². The van der Waals surface area contributed by atoms with E-state index < -0.39 is 5.82 Å². The van der Waals surface area contributed by atoms with Gasteiger partial charge in [0.1, 0.15) is 5.82 Å². The van der Waals surface area contributed by atoms with Gasteiger partial charge in [0, 0.05) is 24.7 Å². The fourth-order valence-corrected chi connectivity index (χ4v) is 3.01. The predicted octanol–water partition coefficient (Wildman–Crippen LogP) is 3.40. The van der Waals surface area contributed by atoms with Crippen LogP contribution in [0.15, 0.2) is 47.4 Å². The lowest BCUT2D eigenvalue weighted by molar-refractivity contribution is 0.311. The van der Waals surface area contributed by atoms with E-state index >= 15 is 0 Å². The number of nitrogens with zero attached hydrogens (tertiary/aromatic N) is 1. The lowest BCUT2D eigenvalue weighted by atomic mass is 10.1. The first-order chi connectivity index (χ1) is 12.0. The summed E-state index contributed by atoms with van der Waals surface area (Å²) in [6.45, 7) is 2.13. The van der Waals surface area contributed by atoms with Gasteiger partial charge >= 0.3 is 0 Å². The highest BCUT2D eigenvalue weighted by atomic mass is 35.5. The highest BCUT2D eigenvalue weighted by molar-refractivity contribution is 6.30. The molecule has 0 aliphatic heterocycles. The molecule has 0 fully saturated rings. The first kappa shape index (κ1) is 17.5. The smallest absolute Gasteiger partial charge is 0.258 e. The van der Waals surface area contributed by atoms with Crippen LogP contribution >= 0.6 is 11.6 Å². The fourth-order valence-electron chi connectivity index (χ4n) is 2.82. The standard InChI is InChI=1S/C19H18ClFN2O2/c1-12-9-16(22-7-8-24)17-6-5-13(11-23(17)19(12)25)10-14-3-2-4-15(20)18(14)21/h2-6,9,11,22,24H,7-8,10H2,1H3. The summed E-state index contributed by atoms with van der Waals surface area (Å²) in [6, 6.07) is 10.3. The molecule has 2 N–H and O–H groups in total. The largest absolute Gasteiger partial charge is 0.395 e. The number of rotatable bonds is 5. The quantitative estimate of drug-likeness (QED) is 0.733. The maximum Gasteiger partial charge on any atom is 0.258 e. The van der Waals surface area contributed by atoms with Crippen molar-refractivity contribution in [3.8, 4) is 0 Å². The Morgan fingerprint density at radius 2 is 2.08 bits per heavy atom. The van der Waals surface area contributed by atoms with Gasteiger partial charge < -0.3 is 10.4 Å². The Morgan fingerprint density at radius 1 is 1.28 bits per heavy atom. The third kappa shape index (κ3) is 3.52. The molecule has 0 saturated carbocycles. The van der Waals surface area contributed by atoms with Crippen LogP contribution in [-0.4, -0.2) is 22.7 Å². The first-order valence-electron chi connectivity index (χ1n) is 7.94. The highest BCUT2D eigenvalue weighted by Crippen LogP contribution is 2.22. The van der Waals surface area contributed by atoms with Crippen molar-refractivity contribution >= 4 is 22.8 Å². The van der Waals surface area contributed by atoms with Crippen molar-refractivity contribution in [1.82, 2.24) is 4.40 Å². The van der Waals surface area contributed by atoms with E-state index in [1.54, 1.807) is 35.7 Å². The van der Waals surface area contributed by atoms with Crippen LogP contribution in [0.1, 0.15) is 16.7 Å². The Kier molecular flexibility index (Phi) is 5.06. The Bertz CT molecular complexity index is 985. The number of aliphatic hydroxyl groups excluding tert-OH is 1. The van der Waals surface area contributed by atoms with Crippen LogP contribution in [0.25, 0.3) is 5.52 Å². The molecule has 0 atom stereocenters. The second-order valence-corrected chi connectivity index (χ2v) is 6.29.